The number of hydrogen-bond donors (Lipinski definition) is 1. The van der Waals surface area contributed by atoms with E-state index in [0.717, 1.165) is 0 Å². The van der Waals surface area contributed by atoms with Crippen LogP contribution in [0.4, 0.5) is 0 Å². The predicted molar refractivity (Wildman–Crippen MR) is 45.2 cm³/mol. The molecule has 1 aromatic heterocycles. The molecule has 3 heteroatoms. The molecule has 0 aromatic carbocycles. The lowest BCUT2D eigenvalue weighted by Gasteiger charge is -1.88. The van der Waals surface area contributed by atoms with Crippen LogP contribution in [-0.4, -0.2) is 28.9 Å². The maximum absolute atomic E-state index is 3.17. The maximum Gasteiger partial charge on any atom is 0.187 e. The van der Waals surface area contributed by atoms with Crippen molar-refractivity contribution in [1.29, 1.82) is 0 Å². The molecule has 1 aromatic rings. The van der Waals surface area contributed by atoms with Gasteiger partial charge in [0.25, 0.3) is 0 Å². The van der Waals surface area contributed by atoms with E-state index in [0.29, 0.717) is 0 Å². The number of halogens is 1. The Hall–Kier alpha value is -0.570. The molecule has 1 aliphatic rings. The number of rotatable bonds is 1. The lowest BCUT2D eigenvalue weighted by atomic mass is 10.4. The summed E-state index contributed by atoms with van der Waals surface area (Å²) >= 11 is 0. The topological polar surface area (TPSA) is 18.8 Å². The average Bonchev–Trinajstić information content (AvgIpc) is 2.60. The van der Waals surface area contributed by atoms with E-state index in [1.165, 1.54) is 31.6 Å². The number of H-pyrrole nitrogens is 1. The Balaban J connectivity index is 0.000000720. The van der Waals surface area contributed by atoms with Crippen molar-refractivity contribution in [2.45, 2.75) is 12.8 Å². The van der Waals surface area contributed by atoms with E-state index in [-0.39, 0.29) is 17.0 Å². The molecule has 0 unspecified atom stereocenters. The van der Waals surface area contributed by atoms with Crippen LogP contribution in [0.3, 0.4) is 0 Å². The molecule has 66 valence electrons. The van der Waals surface area contributed by atoms with E-state index in [2.05, 4.69) is 21.8 Å². The second kappa shape index (κ2) is 4.45. The zero-order valence-corrected chi connectivity index (χ0v) is 8.55. The molecule has 0 saturated carbocycles. The summed E-state index contributed by atoms with van der Waals surface area (Å²) in [6, 6.07) is 4.13. The summed E-state index contributed by atoms with van der Waals surface area (Å²) in [6.45, 7) is 2.44. The molecule has 12 heavy (non-hydrogen) atoms. The molecular formula is C9H13BrN2. The van der Waals surface area contributed by atoms with Crippen molar-refractivity contribution in [1.82, 2.24) is 4.98 Å². The van der Waals surface area contributed by atoms with Crippen LogP contribution in [0.25, 0.3) is 0 Å². The fourth-order valence-electron chi connectivity index (χ4n) is 1.49. The molecule has 1 fully saturated rings. The lowest BCUT2D eigenvalue weighted by Crippen LogP contribution is -3.00. The molecule has 2 heterocycles. The van der Waals surface area contributed by atoms with Crippen molar-refractivity contribution < 1.29 is 21.6 Å². The van der Waals surface area contributed by atoms with E-state index in [4.69, 9.17) is 0 Å². The van der Waals surface area contributed by atoms with E-state index < -0.39 is 0 Å². The van der Waals surface area contributed by atoms with Crippen LogP contribution in [0, 0.1) is 0 Å². The third-order valence-electron chi connectivity index (χ3n) is 2.08. The Morgan fingerprint density at radius 2 is 2.08 bits per heavy atom. The van der Waals surface area contributed by atoms with Crippen molar-refractivity contribution in [2.24, 2.45) is 0 Å². The van der Waals surface area contributed by atoms with Gasteiger partial charge in [0, 0.05) is 19.0 Å². The third kappa shape index (κ3) is 2.21. The standard InChI is InChI=1S/C9H12N2.BrH/c1-2-7-11(6-1)8-9-4-3-5-10-9;/h3-5,8H,1-2,6-7H2;1H. The summed E-state index contributed by atoms with van der Waals surface area (Å²) in [5, 5.41) is 0. The third-order valence-corrected chi connectivity index (χ3v) is 2.08. The van der Waals surface area contributed by atoms with Gasteiger partial charge in [0.1, 0.15) is 18.8 Å². The van der Waals surface area contributed by atoms with E-state index in [1.807, 2.05) is 12.3 Å². The first-order valence-electron chi connectivity index (χ1n) is 4.17. The highest BCUT2D eigenvalue weighted by molar-refractivity contribution is 5.72. The number of hydrogen-bond acceptors (Lipinski definition) is 0. The zero-order chi connectivity index (χ0) is 7.52. The lowest BCUT2D eigenvalue weighted by molar-refractivity contribution is -0.500. The number of nitrogens with zero attached hydrogens (tertiary/aromatic N) is 1. The minimum Gasteiger partial charge on any atom is -1.00 e. The molecule has 1 N–H and O–H groups in total. The van der Waals surface area contributed by atoms with Crippen LogP contribution < -0.4 is 17.0 Å². The Bertz CT molecular complexity index is 244. The van der Waals surface area contributed by atoms with Crippen LogP contribution in [0.15, 0.2) is 18.3 Å². The molecule has 0 spiro atoms. The van der Waals surface area contributed by atoms with Gasteiger partial charge in [0.15, 0.2) is 6.21 Å². The van der Waals surface area contributed by atoms with Crippen LogP contribution in [0.1, 0.15) is 18.5 Å². The fraction of sp³-hybridized carbons (Fsp3) is 0.444. The molecule has 1 aliphatic heterocycles. The SMILES string of the molecule is C(c1ccc[nH]1)=[N+]1CCCC1.[Br-]. The highest BCUT2D eigenvalue weighted by atomic mass is 79.9. The smallest absolute Gasteiger partial charge is 0.187 e. The normalized spacial score (nSPS) is 15.8. The first-order valence-corrected chi connectivity index (χ1v) is 4.17. The van der Waals surface area contributed by atoms with Crippen molar-refractivity contribution in [3.63, 3.8) is 0 Å². The number of aromatic amines is 1. The van der Waals surface area contributed by atoms with Gasteiger partial charge in [-0.1, -0.05) is 0 Å². The molecule has 2 nitrogen and oxygen atoms in total. The van der Waals surface area contributed by atoms with Crippen LogP contribution >= 0.6 is 0 Å². The van der Waals surface area contributed by atoms with Gasteiger partial charge in [0.05, 0.1) is 0 Å². The molecule has 0 aliphatic carbocycles. The highest BCUT2D eigenvalue weighted by Gasteiger charge is 2.11. The first-order chi connectivity index (χ1) is 5.45. The average molecular weight is 229 g/mol. The molecule has 2 rings (SSSR count). The van der Waals surface area contributed by atoms with Crippen molar-refractivity contribution >= 4 is 6.21 Å². The van der Waals surface area contributed by atoms with Gasteiger partial charge in [-0.15, -0.1) is 0 Å². The maximum atomic E-state index is 3.17. The van der Waals surface area contributed by atoms with Gasteiger partial charge < -0.3 is 22.0 Å². The van der Waals surface area contributed by atoms with Gasteiger partial charge in [-0.25, -0.2) is 4.58 Å². The summed E-state index contributed by atoms with van der Waals surface area (Å²) in [7, 11) is 0. The Morgan fingerprint density at radius 1 is 1.33 bits per heavy atom. The van der Waals surface area contributed by atoms with Crippen LogP contribution in [-0.2, 0) is 0 Å². The minimum atomic E-state index is 0. The van der Waals surface area contributed by atoms with Crippen LogP contribution in [0.5, 0.6) is 0 Å². The molecule has 1 saturated heterocycles. The van der Waals surface area contributed by atoms with Crippen molar-refractivity contribution in [3.05, 3.63) is 24.0 Å². The first kappa shape index (κ1) is 9.52. The Labute approximate surface area is 83.1 Å². The molecule has 0 radical (unpaired) electrons. The minimum absolute atomic E-state index is 0. The Morgan fingerprint density at radius 3 is 2.67 bits per heavy atom. The summed E-state index contributed by atoms with van der Waals surface area (Å²) in [5.74, 6) is 0. The van der Waals surface area contributed by atoms with E-state index in [1.54, 1.807) is 0 Å². The quantitative estimate of drug-likeness (QED) is 0.550. The van der Waals surface area contributed by atoms with E-state index in [9.17, 15) is 0 Å². The predicted octanol–water partition coefficient (Wildman–Crippen LogP) is -1.76. The molecule has 0 bridgehead atoms. The number of nitrogens with one attached hydrogen (secondary N) is 1. The zero-order valence-electron chi connectivity index (χ0n) is 6.96. The van der Waals surface area contributed by atoms with Crippen molar-refractivity contribution in [3.8, 4) is 0 Å². The summed E-state index contributed by atoms with van der Waals surface area (Å²) < 4.78 is 2.37. The summed E-state index contributed by atoms with van der Waals surface area (Å²) in [4.78, 5) is 3.17. The fourth-order valence-corrected chi connectivity index (χ4v) is 1.49. The van der Waals surface area contributed by atoms with Crippen LogP contribution in [0.2, 0.25) is 0 Å². The monoisotopic (exact) mass is 228 g/mol. The molecule has 0 atom stereocenters. The van der Waals surface area contributed by atoms with Gasteiger partial charge >= 0.3 is 0 Å². The summed E-state index contributed by atoms with van der Waals surface area (Å²) in [6.07, 6.45) is 6.85. The van der Waals surface area contributed by atoms with E-state index >= 15 is 0 Å². The Kier molecular flexibility index (Phi) is 3.53. The number of aromatic nitrogens is 1. The van der Waals surface area contributed by atoms with Gasteiger partial charge in [-0.2, -0.15) is 0 Å². The van der Waals surface area contributed by atoms with Gasteiger partial charge in [-0.05, 0) is 12.1 Å². The van der Waals surface area contributed by atoms with Gasteiger partial charge in [0.2, 0.25) is 0 Å². The molecule has 0 amide bonds. The second-order valence-electron chi connectivity index (χ2n) is 3.00. The van der Waals surface area contributed by atoms with Gasteiger partial charge in [-0.3, -0.25) is 0 Å². The van der Waals surface area contributed by atoms with Crippen molar-refractivity contribution in [2.75, 3.05) is 13.1 Å². The summed E-state index contributed by atoms with van der Waals surface area (Å²) in [5.41, 5.74) is 1.21. The highest BCUT2D eigenvalue weighted by Crippen LogP contribution is 2.01. The second-order valence-corrected chi connectivity index (χ2v) is 3.00. The largest absolute Gasteiger partial charge is 1.00 e. The molecular weight excluding hydrogens is 216 g/mol.